The molecule has 3 rings (SSSR count). The molecule has 160 valence electrons. The van der Waals surface area contributed by atoms with Gasteiger partial charge in [-0.1, -0.05) is 44.2 Å². The zero-order valence-corrected chi connectivity index (χ0v) is 18.5. The molecule has 0 spiro atoms. The predicted molar refractivity (Wildman–Crippen MR) is 115 cm³/mol. The summed E-state index contributed by atoms with van der Waals surface area (Å²) < 4.78 is 33.2. The SMILES string of the molecule is CCN(CC)CCS(=O)(=NC(=O)OCc1ccccc1)c1nsnc1-n1ccnc1. The van der Waals surface area contributed by atoms with Gasteiger partial charge in [0.1, 0.15) is 22.7 Å². The molecular weight excluding hydrogens is 424 g/mol. The van der Waals surface area contributed by atoms with Gasteiger partial charge in [-0.3, -0.25) is 4.57 Å². The number of imidazole rings is 1. The van der Waals surface area contributed by atoms with Gasteiger partial charge in [0.2, 0.25) is 0 Å². The monoisotopic (exact) mass is 448 g/mol. The molecule has 0 saturated carbocycles. The summed E-state index contributed by atoms with van der Waals surface area (Å²) in [6, 6.07) is 9.26. The molecule has 0 N–H and O–H groups in total. The smallest absolute Gasteiger partial charge is 0.442 e. The first-order valence-corrected chi connectivity index (χ1v) is 12.0. The van der Waals surface area contributed by atoms with Crippen LogP contribution in [0, 0.1) is 0 Å². The molecule has 0 saturated heterocycles. The lowest BCUT2D eigenvalue weighted by atomic mass is 10.2. The zero-order chi connectivity index (χ0) is 21.4. The summed E-state index contributed by atoms with van der Waals surface area (Å²) >= 11 is 0.921. The van der Waals surface area contributed by atoms with E-state index < -0.39 is 15.8 Å². The fraction of sp³-hybridized carbons (Fsp3) is 0.368. The Labute approximate surface area is 180 Å². The molecule has 3 aromatic rings. The number of amides is 1. The maximum atomic E-state index is 13.9. The van der Waals surface area contributed by atoms with E-state index in [4.69, 9.17) is 4.74 Å². The highest BCUT2D eigenvalue weighted by Gasteiger charge is 2.25. The summed E-state index contributed by atoms with van der Waals surface area (Å²) in [5, 5.41) is 0.175. The lowest BCUT2D eigenvalue weighted by Gasteiger charge is -2.18. The van der Waals surface area contributed by atoms with E-state index >= 15 is 0 Å². The third-order valence-electron chi connectivity index (χ3n) is 4.50. The molecule has 0 radical (unpaired) electrons. The van der Waals surface area contributed by atoms with Gasteiger partial charge in [0, 0.05) is 18.9 Å². The van der Waals surface area contributed by atoms with Gasteiger partial charge in [0.25, 0.3) is 0 Å². The lowest BCUT2D eigenvalue weighted by molar-refractivity contribution is 0.151. The van der Waals surface area contributed by atoms with Crippen LogP contribution in [0.25, 0.3) is 5.82 Å². The Hall–Kier alpha value is -2.63. The van der Waals surface area contributed by atoms with Crippen molar-refractivity contribution in [2.75, 3.05) is 25.4 Å². The van der Waals surface area contributed by atoms with Gasteiger partial charge in [-0.15, -0.1) is 4.36 Å². The van der Waals surface area contributed by atoms with Gasteiger partial charge in [-0.2, -0.15) is 8.75 Å². The number of aromatic nitrogens is 4. The highest BCUT2D eigenvalue weighted by molar-refractivity contribution is 7.94. The zero-order valence-electron chi connectivity index (χ0n) is 16.9. The predicted octanol–water partition coefficient (Wildman–Crippen LogP) is 3.23. The van der Waals surface area contributed by atoms with Gasteiger partial charge in [0.05, 0.1) is 17.5 Å². The number of ether oxygens (including phenoxy) is 1. The standard InChI is InChI=1S/C19H24N6O3S2/c1-3-24(4-2)12-13-30(27,18-17(21-29-22-18)25-11-10-20-15-25)23-19(26)28-14-16-8-6-5-7-9-16/h5-11,15H,3-4,12-14H2,1-2H3. The molecule has 2 heterocycles. The Balaban J connectivity index is 1.90. The third-order valence-corrected chi connectivity index (χ3v) is 7.19. The van der Waals surface area contributed by atoms with Crippen molar-refractivity contribution in [3.63, 3.8) is 0 Å². The molecule has 1 amide bonds. The molecule has 11 heteroatoms. The number of hydrogen-bond acceptors (Lipinski definition) is 8. The van der Waals surface area contributed by atoms with Crippen molar-refractivity contribution in [3.8, 4) is 5.82 Å². The lowest BCUT2D eigenvalue weighted by Crippen LogP contribution is -2.29. The molecule has 0 bridgehead atoms. The second kappa shape index (κ2) is 10.4. The van der Waals surface area contributed by atoms with Crippen LogP contribution in [0.4, 0.5) is 4.79 Å². The van der Waals surface area contributed by atoms with Crippen molar-refractivity contribution < 1.29 is 13.7 Å². The van der Waals surface area contributed by atoms with Crippen LogP contribution in [-0.2, 0) is 21.1 Å². The molecule has 9 nitrogen and oxygen atoms in total. The van der Waals surface area contributed by atoms with Gasteiger partial charge in [-0.05, 0) is 18.7 Å². The summed E-state index contributed by atoms with van der Waals surface area (Å²) in [5.41, 5.74) is 0.824. The van der Waals surface area contributed by atoms with Gasteiger partial charge in [0.15, 0.2) is 10.8 Å². The normalized spacial score (nSPS) is 13.2. The van der Waals surface area contributed by atoms with Crippen molar-refractivity contribution in [2.24, 2.45) is 4.36 Å². The van der Waals surface area contributed by atoms with E-state index in [0.29, 0.717) is 12.4 Å². The Bertz CT molecular complexity index is 1060. The second-order valence-electron chi connectivity index (χ2n) is 6.37. The van der Waals surface area contributed by atoms with Crippen LogP contribution in [0.2, 0.25) is 0 Å². The van der Waals surface area contributed by atoms with Gasteiger partial charge < -0.3 is 9.64 Å². The number of hydrogen-bond donors (Lipinski definition) is 0. The summed E-state index contributed by atoms with van der Waals surface area (Å²) in [7, 11) is -3.20. The molecule has 0 aliphatic carbocycles. The van der Waals surface area contributed by atoms with E-state index in [0.717, 1.165) is 30.4 Å². The van der Waals surface area contributed by atoms with Crippen LogP contribution in [0.5, 0.6) is 0 Å². The van der Waals surface area contributed by atoms with Crippen LogP contribution in [0.3, 0.4) is 0 Å². The van der Waals surface area contributed by atoms with E-state index in [-0.39, 0.29) is 17.4 Å². The molecular formula is C19H24N6O3S2. The van der Waals surface area contributed by atoms with Gasteiger partial charge >= 0.3 is 6.09 Å². The molecule has 0 fully saturated rings. The number of rotatable bonds is 9. The fourth-order valence-electron chi connectivity index (χ4n) is 2.76. The van der Waals surface area contributed by atoms with Crippen molar-refractivity contribution in [2.45, 2.75) is 25.5 Å². The number of nitrogens with zero attached hydrogens (tertiary/aromatic N) is 6. The number of carbonyl (C=O) groups is 1. The Morgan fingerprint density at radius 2 is 2.00 bits per heavy atom. The summed E-state index contributed by atoms with van der Waals surface area (Å²) in [4.78, 5) is 18.6. The van der Waals surface area contributed by atoms with Crippen molar-refractivity contribution in [1.82, 2.24) is 23.2 Å². The summed E-state index contributed by atoms with van der Waals surface area (Å²) in [6.07, 6.45) is 3.93. The number of benzene rings is 1. The van der Waals surface area contributed by atoms with Crippen LogP contribution in [0.15, 0.2) is 58.4 Å². The average molecular weight is 449 g/mol. The van der Waals surface area contributed by atoms with Crippen LogP contribution in [0.1, 0.15) is 19.4 Å². The fourth-order valence-corrected chi connectivity index (χ4v) is 5.45. The van der Waals surface area contributed by atoms with Crippen molar-refractivity contribution >= 4 is 27.6 Å². The molecule has 30 heavy (non-hydrogen) atoms. The first-order valence-electron chi connectivity index (χ1n) is 9.54. The quantitative estimate of drug-likeness (QED) is 0.495. The van der Waals surface area contributed by atoms with E-state index in [1.165, 1.54) is 6.33 Å². The van der Waals surface area contributed by atoms with E-state index in [1.54, 1.807) is 17.0 Å². The first kappa shape index (κ1) is 22.1. The van der Waals surface area contributed by atoms with Crippen LogP contribution >= 0.6 is 11.7 Å². The van der Waals surface area contributed by atoms with Crippen molar-refractivity contribution in [3.05, 3.63) is 54.6 Å². The molecule has 0 aliphatic rings. The molecule has 0 aliphatic heterocycles. The van der Waals surface area contributed by atoms with Crippen molar-refractivity contribution in [1.29, 1.82) is 0 Å². The highest BCUT2D eigenvalue weighted by atomic mass is 32.2. The average Bonchev–Trinajstić information content (AvgIpc) is 3.45. The maximum Gasteiger partial charge on any atom is 0.442 e. The van der Waals surface area contributed by atoms with E-state index in [9.17, 15) is 9.00 Å². The Morgan fingerprint density at radius 1 is 1.23 bits per heavy atom. The summed E-state index contributed by atoms with van der Waals surface area (Å²) in [6.45, 7) is 6.21. The minimum absolute atomic E-state index is 0.0540. The second-order valence-corrected chi connectivity index (χ2v) is 9.15. The molecule has 1 aromatic carbocycles. The topological polar surface area (TPSA) is 103 Å². The largest absolute Gasteiger partial charge is 0.443 e. The molecule has 1 atom stereocenters. The summed E-state index contributed by atoms with van der Waals surface area (Å²) in [5.74, 6) is 0.504. The highest BCUT2D eigenvalue weighted by Crippen LogP contribution is 2.22. The van der Waals surface area contributed by atoms with E-state index in [1.807, 2.05) is 44.2 Å². The number of carbonyl (C=O) groups excluding carboxylic acids is 1. The molecule has 1 unspecified atom stereocenters. The van der Waals surface area contributed by atoms with Gasteiger partial charge in [-0.25, -0.2) is 14.0 Å². The molecule has 2 aromatic heterocycles. The van der Waals surface area contributed by atoms with Crippen LogP contribution in [-0.4, -0.2) is 58.9 Å². The Morgan fingerprint density at radius 3 is 2.67 bits per heavy atom. The first-order chi connectivity index (χ1) is 14.6. The minimum atomic E-state index is -3.20. The Kier molecular flexibility index (Phi) is 7.66. The maximum absolute atomic E-state index is 13.9. The van der Waals surface area contributed by atoms with Crippen LogP contribution < -0.4 is 0 Å². The minimum Gasteiger partial charge on any atom is -0.443 e. The third kappa shape index (κ3) is 5.49. The van der Waals surface area contributed by atoms with E-state index in [2.05, 4.69) is 23.0 Å².